The highest BCUT2D eigenvalue weighted by molar-refractivity contribution is 5.72. The molecule has 0 aromatic rings. The summed E-state index contributed by atoms with van der Waals surface area (Å²) in [5.74, 6) is 1.56. The average molecular weight is 262 g/mol. The van der Waals surface area contributed by atoms with Crippen LogP contribution in [0.1, 0.15) is 33.1 Å². The normalized spacial score (nSPS) is 13.8. The van der Waals surface area contributed by atoms with Crippen molar-refractivity contribution < 1.29 is 14.6 Å². The number of carboxylic acids is 1. The second-order valence-electron chi connectivity index (χ2n) is 4.16. The zero-order chi connectivity index (χ0) is 14.5. The predicted octanol–water partition coefficient (Wildman–Crippen LogP) is 3.34. The van der Waals surface area contributed by atoms with Gasteiger partial charge in [-0.1, -0.05) is 30.4 Å². The summed E-state index contributed by atoms with van der Waals surface area (Å²) in [4.78, 5) is 11.0. The molecule has 0 aromatic heterocycles. The second kappa shape index (κ2) is 11.3. The maximum atomic E-state index is 11.0. The molecular formula is C16H22O3. The van der Waals surface area contributed by atoms with Gasteiger partial charge < -0.3 is 9.84 Å². The lowest BCUT2D eigenvalue weighted by Gasteiger charge is -2.13. The van der Waals surface area contributed by atoms with Crippen LogP contribution in [-0.2, 0) is 9.53 Å². The van der Waals surface area contributed by atoms with Crippen LogP contribution in [0.3, 0.4) is 0 Å². The van der Waals surface area contributed by atoms with Gasteiger partial charge in [-0.25, -0.2) is 4.79 Å². The summed E-state index contributed by atoms with van der Waals surface area (Å²) in [6, 6.07) is 0. The van der Waals surface area contributed by atoms with Crippen LogP contribution in [-0.4, -0.2) is 23.8 Å². The van der Waals surface area contributed by atoms with E-state index in [2.05, 4.69) is 5.92 Å². The highest BCUT2D eigenvalue weighted by Crippen LogP contribution is 2.07. The van der Waals surface area contributed by atoms with Gasteiger partial charge in [0.1, 0.15) is 0 Å². The summed E-state index contributed by atoms with van der Waals surface area (Å²) in [7, 11) is 0. The summed E-state index contributed by atoms with van der Waals surface area (Å²) >= 11 is 0. The molecule has 3 heteroatoms. The summed E-state index contributed by atoms with van der Waals surface area (Å²) < 4.78 is 5.38. The number of rotatable bonds is 9. The minimum Gasteiger partial charge on any atom is -0.479 e. The van der Waals surface area contributed by atoms with Crippen molar-refractivity contribution in [2.24, 2.45) is 0 Å². The fourth-order valence-corrected chi connectivity index (χ4v) is 1.34. The van der Waals surface area contributed by atoms with Gasteiger partial charge >= 0.3 is 5.97 Å². The predicted molar refractivity (Wildman–Crippen MR) is 77.8 cm³/mol. The monoisotopic (exact) mass is 262 g/mol. The molecule has 0 aliphatic heterocycles. The third kappa shape index (κ3) is 9.87. The minimum atomic E-state index is -0.936. The van der Waals surface area contributed by atoms with Crippen molar-refractivity contribution in [2.45, 2.75) is 39.2 Å². The number of carboxylic acid groups (broad SMARTS) is 1. The molecule has 0 amide bonds. The maximum absolute atomic E-state index is 11.0. The molecule has 0 saturated carbocycles. The van der Waals surface area contributed by atoms with Gasteiger partial charge in [-0.3, -0.25) is 0 Å². The number of carbonyl (C=O) groups is 1. The molecule has 0 aliphatic carbocycles. The zero-order valence-electron chi connectivity index (χ0n) is 11.6. The van der Waals surface area contributed by atoms with Crippen LogP contribution >= 0.6 is 0 Å². The van der Waals surface area contributed by atoms with Gasteiger partial charge in [0.15, 0.2) is 6.10 Å². The Kier molecular flexibility index (Phi) is 10.2. The average Bonchev–Trinajstić information content (AvgIpc) is 2.38. The standard InChI is InChI=1S/C16H22O3/c1-4-6-8-10-11-14(3)13-19-15(16(17)18)12-9-7-5-2/h2,4,6,8,10-11,15H,7,9,12-13H2,1,3H3,(H,17,18)/b6-4-,10-8-,14-11+. The lowest BCUT2D eigenvalue weighted by atomic mass is 10.1. The molecule has 0 bridgehead atoms. The van der Waals surface area contributed by atoms with E-state index in [9.17, 15) is 4.79 Å². The van der Waals surface area contributed by atoms with Crippen molar-refractivity contribution in [1.82, 2.24) is 0 Å². The number of aliphatic carboxylic acids is 1. The first-order chi connectivity index (χ1) is 9.11. The molecule has 0 aromatic carbocycles. The number of terminal acetylenes is 1. The molecule has 0 radical (unpaired) electrons. The Morgan fingerprint density at radius 1 is 1.42 bits per heavy atom. The molecule has 0 fully saturated rings. The first-order valence-electron chi connectivity index (χ1n) is 6.34. The van der Waals surface area contributed by atoms with Crippen LogP contribution in [0.4, 0.5) is 0 Å². The van der Waals surface area contributed by atoms with E-state index in [1.165, 1.54) is 0 Å². The zero-order valence-corrected chi connectivity index (χ0v) is 11.6. The highest BCUT2D eigenvalue weighted by atomic mass is 16.5. The highest BCUT2D eigenvalue weighted by Gasteiger charge is 2.17. The van der Waals surface area contributed by atoms with Crippen molar-refractivity contribution in [2.75, 3.05) is 6.61 Å². The minimum absolute atomic E-state index is 0.313. The summed E-state index contributed by atoms with van der Waals surface area (Å²) in [5.41, 5.74) is 0.976. The fourth-order valence-electron chi connectivity index (χ4n) is 1.34. The molecule has 0 heterocycles. The second-order valence-corrected chi connectivity index (χ2v) is 4.16. The van der Waals surface area contributed by atoms with Crippen LogP contribution in [0.15, 0.2) is 36.0 Å². The van der Waals surface area contributed by atoms with E-state index < -0.39 is 12.1 Å². The van der Waals surface area contributed by atoms with Gasteiger partial charge in [0.2, 0.25) is 0 Å². The number of unbranched alkanes of at least 4 members (excludes halogenated alkanes) is 1. The Morgan fingerprint density at radius 3 is 2.74 bits per heavy atom. The summed E-state index contributed by atoms with van der Waals surface area (Å²) in [6.45, 7) is 4.16. The van der Waals surface area contributed by atoms with Crippen LogP contribution in [0.25, 0.3) is 0 Å². The van der Waals surface area contributed by atoms with Crippen molar-refractivity contribution in [3.63, 3.8) is 0 Å². The molecule has 0 aliphatic rings. The van der Waals surface area contributed by atoms with Crippen molar-refractivity contribution in [1.29, 1.82) is 0 Å². The summed E-state index contributed by atoms with van der Waals surface area (Å²) in [5, 5.41) is 9.01. The van der Waals surface area contributed by atoms with E-state index in [1.807, 2.05) is 44.2 Å². The molecule has 0 saturated heterocycles. The fraction of sp³-hybridized carbons (Fsp3) is 0.438. The Hall–Kier alpha value is -1.79. The Balaban J connectivity index is 4.16. The lowest BCUT2D eigenvalue weighted by Crippen LogP contribution is -2.24. The SMILES string of the molecule is C#CCCCC(OC/C(C)=C/C=C\C=C/C)C(=O)O. The van der Waals surface area contributed by atoms with E-state index in [-0.39, 0.29) is 0 Å². The van der Waals surface area contributed by atoms with Crippen LogP contribution < -0.4 is 0 Å². The van der Waals surface area contributed by atoms with Gasteiger partial charge in [-0.2, -0.15) is 0 Å². The van der Waals surface area contributed by atoms with Crippen molar-refractivity contribution >= 4 is 5.97 Å². The van der Waals surface area contributed by atoms with E-state index in [4.69, 9.17) is 16.3 Å². The molecular weight excluding hydrogens is 240 g/mol. The lowest BCUT2D eigenvalue weighted by molar-refractivity contribution is -0.150. The molecule has 0 rings (SSSR count). The quantitative estimate of drug-likeness (QED) is 0.394. The Morgan fingerprint density at radius 2 is 2.16 bits per heavy atom. The Labute approximate surface area is 115 Å². The first-order valence-corrected chi connectivity index (χ1v) is 6.34. The van der Waals surface area contributed by atoms with E-state index >= 15 is 0 Å². The van der Waals surface area contributed by atoms with Crippen molar-refractivity contribution in [3.05, 3.63) is 36.0 Å². The van der Waals surface area contributed by atoms with Gasteiger partial charge in [0, 0.05) is 6.42 Å². The smallest absolute Gasteiger partial charge is 0.332 e. The van der Waals surface area contributed by atoms with E-state index in [1.54, 1.807) is 0 Å². The molecule has 0 spiro atoms. The van der Waals surface area contributed by atoms with E-state index in [0.29, 0.717) is 25.9 Å². The molecule has 104 valence electrons. The van der Waals surface area contributed by atoms with Crippen LogP contribution in [0.5, 0.6) is 0 Å². The molecule has 1 atom stereocenters. The third-order valence-corrected chi connectivity index (χ3v) is 2.37. The van der Waals surface area contributed by atoms with Gasteiger partial charge in [0.05, 0.1) is 6.61 Å². The van der Waals surface area contributed by atoms with Gasteiger partial charge in [-0.15, -0.1) is 12.3 Å². The Bertz CT molecular complexity index is 383. The number of ether oxygens (including phenoxy) is 1. The van der Waals surface area contributed by atoms with E-state index in [0.717, 1.165) is 5.57 Å². The molecule has 19 heavy (non-hydrogen) atoms. The first kappa shape index (κ1) is 17.2. The van der Waals surface area contributed by atoms with Crippen molar-refractivity contribution in [3.8, 4) is 12.3 Å². The molecule has 1 N–H and O–H groups in total. The van der Waals surface area contributed by atoms with Crippen LogP contribution in [0.2, 0.25) is 0 Å². The number of allylic oxidation sites excluding steroid dienone is 5. The number of hydrogen-bond donors (Lipinski definition) is 1. The third-order valence-electron chi connectivity index (χ3n) is 2.37. The van der Waals surface area contributed by atoms with Gasteiger partial charge in [0.25, 0.3) is 0 Å². The van der Waals surface area contributed by atoms with Gasteiger partial charge in [-0.05, 0) is 32.3 Å². The topological polar surface area (TPSA) is 46.5 Å². The maximum Gasteiger partial charge on any atom is 0.332 e. The summed E-state index contributed by atoms with van der Waals surface area (Å²) in [6.07, 6.45) is 15.6. The van der Waals surface area contributed by atoms with Crippen LogP contribution in [0, 0.1) is 12.3 Å². The molecule has 1 unspecified atom stereocenters. The number of hydrogen-bond acceptors (Lipinski definition) is 2. The molecule has 3 nitrogen and oxygen atoms in total. The largest absolute Gasteiger partial charge is 0.479 e.